The van der Waals surface area contributed by atoms with Gasteiger partial charge in [-0.15, -0.1) is 0 Å². The molecule has 3 aromatic heterocycles. The molecule has 0 saturated heterocycles. The molecule has 0 aliphatic heterocycles. The van der Waals surface area contributed by atoms with Crippen LogP contribution in [0.4, 0.5) is 0 Å². The average molecular weight is 361 g/mol. The maximum Gasteiger partial charge on any atom is 0.197 e. The van der Waals surface area contributed by atoms with E-state index < -0.39 is 0 Å². The van der Waals surface area contributed by atoms with E-state index in [2.05, 4.69) is 20.2 Å². The van der Waals surface area contributed by atoms with Crippen molar-refractivity contribution in [1.29, 1.82) is 0 Å². The highest BCUT2D eigenvalue weighted by molar-refractivity contribution is 5.95. The van der Waals surface area contributed by atoms with Crippen molar-refractivity contribution in [3.05, 3.63) is 60.3 Å². The molecule has 0 saturated carbocycles. The first-order chi connectivity index (χ1) is 13.0. The van der Waals surface area contributed by atoms with Crippen LogP contribution in [-0.4, -0.2) is 30.5 Å². The summed E-state index contributed by atoms with van der Waals surface area (Å²) >= 11 is 0. The summed E-state index contributed by atoms with van der Waals surface area (Å²) in [5, 5.41) is 9.34. The molecule has 0 bridgehead atoms. The molecule has 0 atom stereocenters. The molecular weight excluding hydrogens is 342 g/mol. The fourth-order valence-electron chi connectivity index (χ4n) is 2.90. The maximum atomic E-state index is 12.5. The summed E-state index contributed by atoms with van der Waals surface area (Å²) in [4.78, 5) is 20.9. The minimum Gasteiger partial charge on any atom is -0.448 e. The Balaban J connectivity index is 1.62. The normalized spacial score (nSPS) is 11.4. The molecule has 27 heavy (non-hydrogen) atoms. The van der Waals surface area contributed by atoms with Gasteiger partial charge in [0.15, 0.2) is 11.7 Å². The highest BCUT2D eigenvalue weighted by atomic mass is 16.3. The number of Topliss-reactive ketones (excluding diaryl/α,β-unsaturated/α-hetero) is 1. The number of hydrogen-bond acceptors (Lipinski definition) is 6. The van der Waals surface area contributed by atoms with E-state index >= 15 is 0 Å². The molecular formula is C20H19N5O2. The quantitative estimate of drug-likeness (QED) is 0.505. The van der Waals surface area contributed by atoms with Gasteiger partial charge in [-0.05, 0) is 18.2 Å². The number of carbonyl (C=O) groups excluding carboxylic acids is 1. The van der Waals surface area contributed by atoms with E-state index in [0.717, 1.165) is 22.2 Å². The topological polar surface area (TPSA) is 86.7 Å². The Kier molecular flexibility index (Phi) is 4.27. The van der Waals surface area contributed by atoms with Crippen LogP contribution in [0.5, 0.6) is 0 Å². The van der Waals surface area contributed by atoms with Crippen LogP contribution in [0, 0.1) is 0 Å². The van der Waals surface area contributed by atoms with Gasteiger partial charge >= 0.3 is 0 Å². The summed E-state index contributed by atoms with van der Waals surface area (Å²) in [5.74, 6) is 0.559. The third-order valence-corrected chi connectivity index (χ3v) is 4.39. The van der Waals surface area contributed by atoms with E-state index in [4.69, 9.17) is 4.42 Å². The number of aromatic nitrogens is 5. The molecule has 7 heteroatoms. The van der Waals surface area contributed by atoms with Crippen molar-refractivity contribution in [1.82, 2.24) is 24.7 Å². The lowest BCUT2D eigenvalue weighted by Gasteiger charge is -2.05. The lowest BCUT2D eigenvalue weighted by Crippen LogP contribution is -2.07. The second-order valence-electron chi connectivity index (χ2n) is 6.82. The van der Waals surface area contributed by atoms with E-state index in [1.807, 2.05) is 55.9 Å². The third-order valence-electron chi connectivity index (χ3n) is 4.39. The summed E-state index contributed by atoms with van der Waals surface area (Å²) in [5.41, 5.74) is 3.75. The summed E-state index contributed by atoms with van der Waals surface area (Å²) < 4.78 is 7.30. The fourth-order valence-corrected chi connectivity index (χ4v) is 2.90. The Morgan fingerprint density at radius 1 is 1.22 bits per heavy atom. The van der Waals surface area contributed by atoms with Crippen LogP contribution >= 0.6 is 0 Å². The third kappa shape index (κ3) is 3.36. The van der Waals surface area contributed by atoms with Crippen molar-refractivity contribution >= 4 is 16.7 Å². The summed E-state index contributed by atoms with van der Waals surface area (Å²) in [6.07, 6.45) is 5.12. The lowest BCUT2D eigenvalue weighted by molar-refractivity contribution is 0.0987. The molecule has 0 radical (unpaired) electrons. The maximum absolute atomic E-state index is 12.5. The molecule has 1 aromatic carbocycles. The number of aryl methyl sites for hydroxylation is 1. The highest BCUT2D eigenvalue weighted by Gasteiger charge is 2.16. The van der Waals surface area contributed by atoms with Crippen LogP contribution in [0.1, 0.15) is 41.8 Å². The number of oxazole rings is 1. The van der Waals surface area contributed by atoms with Gasteiger partial charge in [-0.2, -0.15) is 10.2 Å². The Hall–Kier alpha value is -3.35. The van der Waals surface area contributed by atoms with Crippen LogP contribution in [0.3, 0.4) is 0 Å². The van der Waals surface area contributed by atoms with Gasteiger partial charge in [-0.1, -0.05) is 19.9 Å². The Morgan fingerprint density at radius 3 is 2.78 bits per heavy atom. The zero-order chi connectivity index (χ0) is 19.0. The molecule has 0 unspecified atom stereocenters. The smallest absolute Gasteiger partial charge is 0.197 e. The van der Waals surface area contributed by atoms with Gasteiger partial charge in [0.05, 0.1) is 35.8 Å². The minimum absolute atomic E-state index is 0.128. The SMILES string of the molecule is CC(C)c1nc(C(=O)Cc2cc3cc(-c4cncn4C)ccc3nn2)co1. The number of rotatable bonds is 5. The van der Waals surface area contributed by atoms with E-state index in [1.54, 1.807) is 6.33 Å². The van der Waals surface area contributed by atoms with E-state index in [-0.39, 0.29) is 18.1 Å². The van der Waals surface area contributed by atoms with Crippen molar-refractivity contribution in [2.75, 3.05) is 0 Å². The second kappa shape index (κ2) is 6.75. The molecule has 0 aliphatic carbocycles. The van der Waals surface area contributed by atoms with Crippen LogP contribution in [0.15, 0.2) is 47.5 Å². The number of nitrogens with zero attached hydrogens (tertiary/aromatic N) is 5. The average Bonchev–Trinajstić information content (AvgIpc) is 3.30. The van der Waals surface area contributed by atoms with Gasteiger partial charge in [0.25, 0.3) is 0 Å². The first-order valence-electron chi connectivity index (χ1n) is 8.73. The molecule has 4 aromatic rings. The first-order valence-corrected chi connectivity index (χ1v) is 8.73. The molecule has 4 rings (SSSR count). The van der Waals surface area contributed by atoms with Crippen LogP contribution in [0.25, 0.3) is 22.2 Å². The number of imidazole rings is 1. The first kappa shape index (κ1) is 17.1. The van der Waals surface area contributed by atoms with E-state index in [9.17, 15) is 4.79 Å². The van der Waals surface area contributed by atoms with E-state index in [0.29, 0.717) is 17.3 Å². The molecule has 3 heterocycles. The molecule has 136 valence electrons. The lowest BCUT2D eigenvalue weighted by atomic mass is 10.1. The Morgan fingerprint density at radius 2 is 2.07 bits per heavy atom. The van der Waals surface area contributed by atoms with Crippen LogP contribution in [-0.2, 0) is 13.5 Å². The largest absolute Gasteiger partial charge is 0.448 e. The van der Waals surface area contributed by atoms with Crippen molar-refractivity contribution in [2.24, 2.45) is 7.05 Å². The number of fused-ring (bicyclic) bond motifs is 1. The number of carbonyl (C=O) groups is 1. The predicted octanol–water partition coefficient (Wildman–Crippen LogP) is 3.57. The predicted molar refractivity (Wildman–Crippen MR) is 100 cm³/mol. The van der Waals surface area contributed by atoms with Crippen molar-refractivity contribution in [3.63, 3.8) is 0 Å². The van der Waals surface area contributed by atoms with Crippen molar-refractivity contribution in [2.45, 2.75) is 26.2 Å². The molecule has 0 fully saturated rings. The summed E-state index contributed by atoms with van der Waals surface area (Å²) in [7, 11) is 1.95. The molecule has 0 aliphatic rings. The van der Waals surface area contributed by atoms with Gasteiger partial charge in [-0.3, -0.25) is 4.79 Å². The highest BCUT2D eigenvalue weighted by Crippen LogP contribution is 2.23. The molecule has 7 nitrogen and oxygen atoms in total. The van der Waals surface area contributed by atoms with Gasteiger partial charge in [0.1, 0.15) is 12.0 Å². The van der Waals surface area contributed by atoms with Gasteiger partial charge in [0, 0.05) is 23.9 Å². The van der Waals surface area contributed by atoms with Gasteiger partial charge in [-0.25, -0.2) is 9.97 Å². The van der Waals surface area contributed by atoms with E-state index in [1.165, 1.54) is 6.26 Å². The summed E-state index contributed by atoms with van der Waals surface area (Å²) in [6, 6.07) is 7.83. The Labute approximate surface area is 156 Å². The van der Waals surface area contributed by atoms with Gasteiger partial charge < -0.3 is 8.98 Å². The van der Waals surface area contributed by atoms with Gasteiger partial charge in [0.2, 0.25) is 0 Å². The fraction of sp³-hybridized carbons (Fsp3) is 0.250. The number of benzene rings is 1. The second-order valence-corrected chi connectivity index (χ2v) is 6.82. The summed E-state index contributed by atoms with van der Waals surface area (Å²) in [6.45, 7) is 3.93. The number of ketones is 1. The monoisotopic (exact) mass is 361 g/mol. The van der Waals surface area contributed by atoms with Crippen molar-refractivity contribution < 1.29 is 9.21 Å². The van der Waals surface area contributed by atoms with Crippen LogP contribution < -0.4 is 0 Å². The zero-order valence-electron chi connectivity index (χ0n) is 15.4. The van der Waals surface area contributed by atoms with Crippen LogP contribution in [0.2, 0.25) is 0 Å². The Bertz CT molecular complexity index is 1130. The molecule has 0 spiro atoms. The van der Waals surface area contributed by atoms with Crippen molar-refractivity contribution in [3.8, 4) is 11.3 Å². The molecule has 0 N–H and O–H groups in total. The minimum atomic E-state index is -0.137. The zero-order valence-corrected chi connectivity index (χ0v) is 15.4. The number of hydrogen-bond donors (Lipinski definition) is 0. The standard InChI is InChI=1S/C20H19N5O2/c1-12(2)20-22-17(10-27-20)19(26)8-15-7-14-6-13(4-5-16(14)24-23-15)18-9-21-11-25(18)3/h4-7,9-12H,8H2,1-3H3. The molecule has 0 amide bonds.